The molecule has 0 saturated heterocycles. The van der Waals surface area contributed by atoms with Crippen LogP contribution in [-0.4, -0.2) is 16.1 Å². The zero-order chi connectivity index (χ0) is 13.1. The number of hydrogen-bond donors (Lipinski definition) is 2. The largest absolute Gasteiger partial charge is 0.478 e. The van der Waals surface area contributed by atoms with Crippen molar-refractivity contribution in [3.63, 3.8) is 0 Å². The van der Waals surface area contributed by atoms with Crippen LogP contribution in [0.1, 0.15) is 15.9 Å². The predicted molar refractivity (Wildman–Crippen MR) is 65.6 cm³/mol. The minimum absolute atomic E-state index is 0.0411. The molecule has 0 saturated carbocycles. The Morgan fingerprint density at radius 2 is 2.17 bits per heavy atom. The average Bonchev–Trinajstić information content (AvgIpc) is 2.27. The van der Waals surface area contributed by atoms with Gasteiger partial charge < -0.3 is 10.4 Å². The topological polar surface area (TPSA) is 62.2 Å². The molecule has 2 N–H and O–H groups in total. The summed E-state index contributed by atoms with van der Waals surface area (Å²) in [4.78, 5) is 14.7. The van der Waals surface area contributed by atoms with E-state index in [2.05, 4.69) is 10.3 Å². The highest BCUT2D eigenvalue weighted by Crippen LogP contribution is 2.21. The number of rotatable bonds is 3. The lowest BCUT2D eigenvalue weighted by molar-refractivity contribution is 0.0697. The first-order chi connectivity index (χ1) is 8.56. The molecule has 0 radical (unpaired) electrons. The molecule has 0 aliphatic rings. The first kappa shape index (κ1) is 12.0. The van der Waals surface area contributed by atoms with Crippen LogP contribution in [0.3, 0.4) is 0 Å². The van der Waals surface area contributed by atoms with Crippen LogP contribution >= 0.6 is 0 Å². The first-order valence-corrected chi connectivity index (χ1v) is 5.28. The second-order valence-electron chi connectivity index (χ2n) is 3.87. The van der Waals surface area contributed by atoms with Crippen molar-refractivity contribution >= 4 is 17.3 Å². The molecule has 0 fully saturated rings. The summed E-state index contributed by atoms with van der Waals surface area (Å²) in [6, 6.07) is 5.97. The summed E-state index contributed by atoms with van der Waals surface area (Å²) in [5, 5.41) is 11.9. The lowest BCUT2D eigenvalue weighted by Crippen LogP contribution is -2.03. The number of aryl methyl sites for hydroxylation is 1. The summed E-state index contributed by atoms with van der Waals surface area (Å²) in [7, 11) is 0. The van der Waals surface area contributed by atoms with Crippen LogP contribution in [-0.2, 0) is 0 Å². The molecule has 92 valence electrons. The van der Waals surface area contributed by atoms with Gasteiger partial charge >= 0.3 is 5.97 Å². The van der Waals surface area contributed by atoms with Crippen molar-refractivity contribution in [2.45, 2.75) is 6.92 Å². The molecular formula is C13H11FN2O2. The Balaban J connectivity index is 2.37. The molecule has 0 atom stereocenters. The van der Waals surface area contributed by atoms with E-state index in [9.17, 15) is 9.18 Å². The maximum atomic E-state index is 13.2. The lowest BCUT2D eigenvalue weighted by Gasteiger charge is -2.09. The van der Waals surface area contributed by atoms with Crippen molar-refractivity contribution in [2.75, 3.05) is 5.32 Å². The second-order valence-corrected chi connectivity index (χ2v) is 3.87. The molecule has 1 heterocycles. The quantitative estimate of drug-likeness (QED) is 0.874. The minimum atomic E-state index is -1.08. The molecule has 18 heavy (non-hydrogen) atoms. The van der Waals surface area contributed by atoms with E-state index in [1.54, 1.807) is 13.0 Å². The number of benzene rings is 1. The van der Waals surface area contributed by atoms with Gasteiger partial charge in [-0.3, -0.25) is 4.98 Å². The number of aromatic nitrogens is 1. The van der Waals surface area contributed by atoms with Gasteiger partial charge in [0.1, 0.15) is 11.4 Å². The molecule has 1 aromatic carbocycles. The maximum absolute atomic E-state index is 13.2. The van der Waals surface area contributed by atoms with E-state index in [4.69, 9.17) is 5.11 Å². The van der Waals surface area contributed by atoms with Crippen LogP contribution in [0.25, 0.3) is 0 Å². The first-order valence-electron chi connectivity index (χ1n) is 5.28. The number of carboxylic acid groups (broad SMARTS) is 1. The number of nitrogens with zero attached hydrogens (tertiary/aromatic N) is 1. The number of carbonyl (C=O) groups is 1. The number of aromatic carboxylic acids is 1. The Kier molecular flexibility index (Phi) is 3.23. The third kappa shape index (κ3) is 2.63. The minimum Gasteiger partial charge on any atom is -0.478 e. The Morgan fingerprint density at radius 3 is 2.83 bits per heavy atom. The SMILES string of the molecule is Cc1cc(F)cc(Nc2ccncc2C(=O)O)c1. The zero-order valence-electron chi connectivity index (χ0n) is 9.64. The fourth-order valence-corrected chi connectivity index (χ4v) is 1.64. The number of anilines is 2. The molecule has 0 bridgehead atoms. The number of nitrogens with one attached hydrogen (secondary N) is 1. The Labute approximate surface area is 103 Å². The van der Waals surface area contributed by atoms with Crippen LogP contribution in [0.4, 0.5) is 15.8 Å². The van der Waals surface area contributed by atoms with Gasteiger partial charge in [-0.25, -0.2) is 9.18 Å². The molecule has 2 aromatic rings. The normalized spacial score (nSPS) is 10.1. The third-order valence-corrected chi connectivity index (χ3v) is 2.37. The molecule has 1 aromatic heterocycles. The van der Waals surface area contributed by atoms with Gasteiger partial charge in [0.15, 0.2) is 0 Å². The van der Waals surface area contributed by atoms with E-state index in [1.807, 2.05) is 0 Å². The van der Waals surface area contributed by atoms with E-state index >= 15 is 0 Å². The van der Waals surface area contributed by atoms with Gasteiger partial charge in [0.2, 0.25) is 0 Å². The van der Waals surface area contributed by atoms with Crippen molar-refractivity contribution in [2.24, 2.45) is 0 Å². The average molecular weight is 246 g/mol. The molecule has 0 unspecified atom stereocenters. The van der Waals surface area contributed by atoms with Gasteiger partial charge in [0, 0.05) is 18.1 Å². The standard InChI is InChI=1S/C13H11FN2O2/c1-8-4-9(14)6-10(5-8)16-12-2-3-15-7-11(12)13(17)18/h2-7H,1H3,(H,15,16)(H,17,18). The van der Waals surface area contributed by atoms with Gasteiger partial charge in [-0.15, -0.1) is 0 Å². The molecule has 0 spiro atoms. The summed E-state index contributed by atoms with van der Waals surface area (Å²) < 4.78 is 13.2. The van der Waals surface area contributed by atoms with E-state index in [-0.39, 0.29) is 11.4 Å². The van der Waals surface area contributed by atoms with E-state index in [0.29, 0.717) is 11.4 Å². The fraction of sp³-hybridized carbons (Fsp3) is 0.0769. The zero-order valence-corrected chi connectivity index (χ0v) is 9.64. The van der Waals surface area contributed by atoms with Crippen molar-refractivity contribution in [3.05, 3.63) is 53.6 Å². The van der Waals surface area contributed by atoms with Crippen LogP contribution < -0.4 is 5.32 Å². The molecule has 0 aliphatic carbocycles. The van der Waals surface area contributed by atoms with Crippen LogP contribution in [0.5, 0.6) is 0 Å². The summed E-state index contributed by atoms with van der Waals surface area (Å²) in [6.45, 7) is 1.76. The van der Waals surface area contributed by atoms with Crippen molar-refractivity contribution < 1.29 is 14.3 Å². The monoisotopic (exact) mass is 246 g/mol. The summed E-state index contributed by atoms with van der Waals surface area (Å²) in [5.74, 6) is -1.46. The van der Waals surface area contributed by atoms with Crippen molar-refractivity contribution in [1.29, 1.82) is 0 Å². The molecule has 4 nitrogen and oxygen atoms in total. The number of halogens is 1. The summed E-state index contributed by atoms with van der Waals surface area (Å²) in [5.41, 5.74) is 1.67. The fourth-order valence-electron chi connectivity index (χ4n) is 1.64. The van der Waals surface area contributed by atoms with Gasteiger partial charge in [-0.1, -0.05) is 0 Å². The molecule has 0 amide bonds. The van der Waals surface area contributed by atoms with Crippen molar-refractivity contribution in [3.8, 4) is 0 Å². The molecule has 2 rings (SSSR count). The molecule has 5 heteroatoms. The maximum Gasteiger partial charge on any atom is 0.339 e. The second kappa shape index (κ2) is 4.83. The highest BCUT2D eigenvalue weighted by molar-refractivity contribution is 5.94. The van der Waals surface area contributed by atoms with Crippen molar-refractivity contribution in [1.82, 2.24) is 4.98 Å². The number of pyridine rings is 1. The van der Waals surface area contributed by atoms with Crippen LogP contribution in [0.15, 0.2) is 36.7 Å². The number of hydrogen-bond acceptors (Lipinski definition) is 3. The third-order valence-electron chi connectivity index (χ3n) is 2.37. The van der Waals surface area contributed by atoms with E-state index in [1.165, 1.54) is 30.6 Å². The number of carboxylic acids is 1. The molecule has 0 aliphatic heterocycles. The Hall–Kier alpha value is -2.43. The van der Waals surface area contributed by atoms with Gasteiger partial charge in [-0.05, 0) is 36.8 Å². The predicted octanol–water partition coefficient (Wildman–Crippen LogP) is 2.97. The summed E-state index contributed by atoms with van der Waals surface area (Å²) >= 11 is 0. The summed E-state index contributed by atoms with van der Waals surface area (Å²) in [6.07, 6.45) is 2.72. The smallest absolute Gasteiger partial charge is 0.339 e. The van der Waals surface area contributed by atoms with Crippen LogP contribution in [0, 0.1) is 12.7 Å². The Bertz CT molecular complexity index is 579. The highest BCUT2D eigenvalue weighted by atomic mass is 19.1. The lowest BCUT2D eigenvalue weighted by atomic mass is 10.2. The van der Waals surface area contributed by atoms with Gasteiger partial charge in [0.25, 0.3) is 0 Å². The molecular weight excluding hydrogens is 235 g/mol. The van der Waals surface area contributed by atoms with Gasteiger partial charge in [-0.2, -0.15) is 0 Å². The highest BCUT2D eigenvalue weighted by Gasteiger charge is 2.10. The van der Waals surface area contributed by atoms with Crippen LogP contribution in [0.2, 0.25) is 0 Å². The Morgan fingerprint density at radius 1 is 1.39 bits per heavy atom. The van der Waals surface area contributed by atoms with E-state index in [0.717, 1.165) is 5.56 Å². The van der Waals surface area contributed by atoms with Gasteiger partial charge in [0.05, 0.1) is 5.69 Å². The van der Waals surface area contributed by atoms with E-state index < -0.39 is 5.97 Å².